The third-order valence-electron chi connectivity index (χ3n) is 4.03. The number of thiophene rings is 1. The van der Waals surface area contributed by atoms with Crippen LogP contribution in [0.25, 0.3) is 10.2 Å². The third-order valence-corrected chi connectivity index (χ3v) is 5.26. The summed E-state index contributed by atoms with van der Waals surface area (Å²) in [4.78, 5) is 37.7. The minimum Gasteiger partial charge on any atom is -0.548 e. The number of nitrogens with zero attached hydrogens (tertiary/aromatic N) is 2. The Morgan fingerprint density at radius 3 is 2.75 bits per heavy atom. The number of carbonyl (C=O) groups is 1. The maximum Gasteiger partial charge on any atom is 0.332 e. The Labute approximate surface area is 141 Å². The van der Waals surface area contributed by atoms with Crippen molar-refractivity contribution in [2.45, 2.75) is 45.6 Å². The van der Waals surface area contributed by atoms with Gasteiger partial charge in [0.25, 0.3) is 5.56 Å². The number of carboxylic acids is 1. The van der Waals surface area contributed by atoms with Gasteiger partial charge < -0.3 is 14.6 Å². The molecule has 0 spiro atoms. The van der Waals surface area contributed by atoms with Gasteiger partial charge in [0.15, 0.2) is 0 Å². The minimum atomic E-state index is -1.48. The number of fused-ring (bicyclic) bond motifs is 3. The SMILES string of the molecule is C=CCn1c(=O)n(CC(=O)[O-])c(=O)c2c3c(sc21)COC(C)(C)C3. The van der Waals surface area contributed by atoms with Gasteiger partial charge in [-0.25, -0.2) is 4.79 Å². The highest BCUT2D eigenvalue weighted by Gasteiger charge is 2.31. The van der Waals surface area contributed by atoms with Crippen LogP contribution in [0.15, 0.2) is 22.2 Å². The molecule has 2 aromatic rings. The van der Waals surface area contributed by atoms with Gasteiger partial charge >= 0.3 is 5.69 Å². The average molecular weight is 349 g/mol. The smallest absolute Gasteiger partial charge is 0.332 e. The van der Waals surface area contributed by atoms with E-state index in [1.807, 2.05) is 13.8 Å². The van der Waals surface area contributed by atoms with Crippen molar-refractivity contribution in [3.05, 3.63) is 43.9 Å². The molecule has 0 saturated heterocycles. The van der Waals surface area contributed by atoms with E-state index in [4.69, 9.17) is 4.74 Å². The quantitative estimate of drug-likeness (QED) is 0.725. The molecule has 128 valence electrons. The summed E-state index contributed by atoms with van der Waals surface area (Å²) < 4.78 is 7.87. The third kappa shape index (κ3) is 2.61. The number of hydrogen-bond acceptors (Lipinski definition) is 6. The molecule has 0 bridgehead atoms. The summed E-state index contributed by atoms with van der Waals surface area (Å²) >= 11 is 1.34. The number of hydrogen-bond donors (Lipinski definition) is 0. The molecule has 7 nitrogen and oxygen atoms in total. The summed E-state index contributed by atoms with van der Waals surface area (Å²) in [6.45, 7) is 7.27. The van der Waals surface area contributed by atoms with E-state index >= 15 is 0 Å². The van der Waals surface area contributed by atoms with Gasteiger partial charge in [-0.1, -0.05) is 6.08 Å². The zero-order valence-electron chi connectivity index (χ0n) is 13.5. The summed E-state index contributed by atoms with van der Waals surface area (Å²) in [6, 6.07) is 0. The molecule has 0 fully saturated rings. The fraction of sp³-hybridized carbons (Fsp3) is 0.438. The van der Waals surface area contributed by atoms with E-state index in [-0.39, 0.29) is 6.54 Å². The number of carboxylic acid groups (broad SMARTS) is 1. The average Bonchev–Trinajstić information content (AvgIpc) is 2.85. The van der Waals surface area contributed by atoms with Crippen molar-refractivity contribution in [1.29, 1.82) is 0 Å². The van der Waals surface area contributed by atoms with Crippen molar-refractivity contribution >= 4 is 27.5 Å². The van der Waals surface area contributed by atoms with Crippen LogP contribution in [0, 0.1) is 0 Å². The fourth-order valence-corrected chi connectivity index (χ4v) is 4.19. The largest absolute Gasteiger partial charge is 0.548 e. The molecule has 3 heterocycles. The first kappa shape index (κ1) is 16.7. The molecule has 8 heteroatoms. The number of allylic oxidation sites excluding steroid dienone is 1. The monoisotopic (exact) mass is 349 g/mol. The van der Waals surface area contributed by atoms with Crippen molar-refractivity contribution in [2.24, 2.45) is 0 Å². The lowest BCUT2D eigenvalue weighted by atomic mass is 9.94. The van der Waals surface area contributed by atoms with E-state index in [0.29, 0.717) is 23.2 Å². The Bertz CT molecular complexity index is 963. The number of carbonyl (C=O) groups excluding carboxylic acids is 1. The molecule has 0 saturated carbocycles. The first-order valence-corrected chi connectivity index (χ1v) is 8.29. The van der Waals surface area contributed by atoms with Gasteiger partial charge in [0, 0.05) is 17.8 Å². The van der Waals surface area contributed by atoms with Crippen LogP contribution in [0.4, 0.5) is 0 Å². The molecule has 0 unspecified atom stereocenters. The van der Waals surface area contributed by atoms with Crippen molar-refractivity contribution in [3.63, 3.8) is 0 Å². The maximum absolute atomic E-state index is 12.8. The molecule has 0 amide bonds. The summed E-state index contributed by atoms with van der Waals surface area (Å²) in [5, 5.41) is 11.3. The lowest BCUT2D eigenvalue weighted by Crippen LogP contribution is -2.44. The highest BCUT2D eigenvalue weighted by Crippen LogP contribution is 2.37. The van der Waals surface area contributed by atoms with E-state index in [9.17, 15) is 19.5 Å². The molecule has 0 aromatic carbocycles. The summed E-state index contributed by atoms with van der Waals surface area (Å²) in [7, 11) is 0. The molecule has 0 aliphatic carbocycles. The second-order valence-corrected chi connectivity index (χ2v) is 7.44. The summed E-state index contributed by atoms with van der Waals surface area (Å²) in [5.41, 5.74) is -0.849. The second kappa shape index (κ2) is 5.71. The number of aliphatic carboxylic acids is 1. The van der Waals surface area contributed by atoms with Gasteiger partial charge in [0.2, 0.25) is 0 Å². The van der Waals surface area contributed by atoms with Crippen LogP contribution in [-0.4, -0.2) is 20.7 Å². The Hall–Kier alpha value is -2.19. The first-order chi connectivity index (χ1) is 11.2. The lowest BCUT2D eigenvalue weighted by Gasteiger charge is -2.29. The Balaban J connectivity index is 2.40. The molecule has 1 aliphatic rings. The van der Waals surface area contributed by atoms with Gasteiger partial charge in [0.1, 0.15) is 4.83 Å². The predicted octanol–water partition coefficient (Wildman–Crippen LogP) is 0.0119. The van der Waals surface area contributed by atoms with E-state index < -0.39 is 29.4 Å². The Kier molecular flexibility index (Phi) is 3.97. The molecule has 0 atom stereocenters. The highest BCUT2D eigenvalue weighted by molar-refractivity contribution is 7.18. The van der Waals surface area contributed by atoms with Crippen molar-refractivity contribution in [3.8, 4) is 0 Å². The van der Waals surface area contributed by atoms with Crippen molar-refractivity contribution in [1.82, 2.24) is 9.13 Å². The summed E-state index contributed by atoms with van der Waals surface area (Å²) in [5.74, 6) is -1.48. The Morgan fingerprint density at radius 1 is 1.42 bits per heavy atom. The topological polar surface area (TPSA) is 93.4 Å². The van der Waals surface area contributed by atoms with Gasteiger partial charge in [-0.3, -0.25) is 13.9 Å². The van der Waals surface area contributed by atoms with Crippen LogP contribution >= 0.6 is 11.3 Å². The molecular weight excluding hydrogens is 332 g/mol. The second-order valence-electron chi connectivity index (χ2n) is 6.35. The van der Waals surface area contributed by atoms with Gasteiger partial charge in [-0.2, -0.15) is 0 Å². The van der Waals surface area contributed by atoms with E-state index in [0.717, 1.165) is 15.0 Å². The van der Waals surface area contributed by atoms with Crippen LogP contribution in [-0.2, 0) is 35.6 Å². The van der Waals surface area contributed by atoms with E-state index in [2.05, 4.69) is 6.58 Å². The van der Waals surface area contributed by atoms with Crippen LogP contribution in [0.1, 0.15) is 24.3 Å². The fourth-order valence-electron chi connectivity index (χ4n) is 2.96. The van der Waals surface area contributed by atoms with Crippen LogP contribution in [0.2, 0.25) is 0 Å². The molecule has 24 heavy (non-hydrogen) atoms. The van der Waals surface area contributed by atoms with Crippen LogP contribution in [0.3, 0.4) is 0 Å². The van der Waals surface area contributed by atoms with E-state index in [1.165, 1.54) is 22.0 Å². The number of rotatable bonds is 4. The van der Waals surface area contributed by atoms with Gasteiger partial charge in [-0.15, -0.1) is 17.9 Å². The van der Waals surface area contributed by atoms with Gasteiger partial charge in [0.05, 0.1) is 30.1 Å². The molecule has 0 radical (unpaired) electrons. The molecule has 3 rings (SSSR count). The molecule has 1 aliphatic heterocycles. The van der Waals surface area contributed by atoms with Crippen LogP contribution < -0.4 is 16.4 Å². The normalized spacial score (nSPS) is 16.1. The number of ether oxygens (including phenoxy) is 1. The van der Waals surface area contributed by atoms with Crippen molar-refractivity contribution < 1.29 is 14.6 Å². The zero-order valence-corrected chi connectivity index (χ0v) is 14.3. The molecule has 0 N–H and O–H groups in total. The van der Waals surface area contributed by atoms with Crippen molar-refractivity contribution in [2.75, 3.05) is 0 Å². The van der Waals surface area contributed by atoms with Crippen LogP contribution in [0.5, 0.6) is 0 Å². The maximum atomic E-state index is 12.8. The van der Waals surface area contributed by atoms with Gasteiger partial charge in [-0.05, 0) is 19.4 Å². The predicted molar refractivity (Wildman–Crippen MR) is 88.1 cm³/mol. The summed E-state index contributed by atoms with van der Waals surface area (Å²) in [6.07, 6.45) is 2.06. The molecule has 2 aromatic heterocycles. The minimum absolute atomic E-state index is 0.187. The standard InChI is InChI=1S/C16H18N2O5S/c1-4-5-17-14-12(13(21)18(15(17)22)7-11(19)20)9-6-16(2,3)23-8-10(9)24-14/h4H,1,5-8H2,2-3H3,(H,19,20)/p-1. The zero-order chi connectivity index (χ0) is 17.6. The molecular formula is C16H17N2O5S-. The highest BCUT2D eigenvalue weighted by atomic mass is 32.1. The first-order valence-electron chi connectivity index (χ1n) is 7.48. The lowest BCUT2D eigenvalue weighted by molar-refractivity contribution is -0.306. The Morgan fingerprint density at radius 2 is 2.12 bits per heavy atom. The van der Waals surface area contributed by atoms with E-state index in [1.54, 1.807) is 0 Å². The number of aromatic nitrogens is 2.